The van der Waals surface area contributed by atoms with E-state index in [0.29, 0.717) is 34.3 Å². The number of benzene rings is 3. The maximum Gasteiger partial charge on any atom is 0.278 e. The van der Waals surface area contributed by atoms with Gasteiger partial charge >= 0.3 is 0 Å². The summed E-state index contributed by atoms with van der Waals surface area (Å²) in [5.74, 6) is 0.238. The number of aromatic nitrogens is 4. The molecule has 0 amide bonds. The van der Waals surface area contributed by atoms with Crippen LogP contribution in [0.25, 0.3) is 23.0 Å². The molecular formula is C25H19ClFN5O3S. The molecule has 8 nitrogen and oxygen atoms in total. The molecule has 0 radical (unpaired) electrons. The predicted molar refractivity (Wildman–Crippen MR) is 133 cm³/mol. The molecule has 0 saturated carbocycles. The minimum atomic E-state index is -3.76. The van der Waals surface area contributed by atoms with Crippen LogP contribution in [0.2, 0.25) is 5.02 Å². The molecule has 5 rings (SSSR count). The maximum absolute atomic E-state index is 13.1. The molecule has 0 aliphatic rings. The molecule has 0 aliphatic carbocycles. The van der Waals surface area contributed by atoms with Crippen LogP contribution in [-0.2, 0) is 16.6 Å². The topological polar surface area (TPSA) is 103 Å². The second-order valence-corrected chi connectivity index (χ2v) is 10.2. The number of nitrogens with zero attached hydrogens (tertiary/aromatic N) is 4. The quantitative estimate of drug-likeness (QED) is 0.300. The summed E-state index contributed by atoms with van der Waals surface area (Å²) >= 11 is 6.07. The van der Waals surface area contributed by atoms with Gasteiger partial charge in [-0.25, -0.2) is 17.8 Å². The number of anilines is 1. The van der Waals surface area contributed by atoms with E-state index in [2.05, 4.69) is 19.8 Å². The number of nitrogens with one attached hydrogen (secondary N) is 1. The second-order valence-electron chi connectivity index (χ2n) is 8.07. The number of sulfonamides is 1. The second kappa shape index (κ2) is 9.56. The third-order valence-corrected chi connectivity index (χ3v) is 7.19. The molecular weight excluding hydrogens is 505 g/mol. The van der Waals surface area contributed by atoms with Crippen molar-refractivity contribution >= 4 is 27.3 Å². The summed E-state index contributed by atoms with van der Waals surface area (Å²) in [5.41, 5.74) is 3.29. The van der Waals surface area contributed by atoms with E-state index in [1.807, 2.05) is 16.7 Å². The lowest BCUT2D eigenvalue weighted by Gasteiger charge is -2.10. The summed E-state index contributed by atoms with van der Waals surface area (Å²) in [7, 11) is -3.76. The van der Waals surface area contributed by atoms with Crippen molar-refractivity contribution in [3.8, 4) is 23.0 Å². The van der Waals surface area contributed by atoms with Crippen LogP contribution in [0.1, 0.15) is 11.1 Å². The molecule has 0 aliphatic heterocycles. The summed E-state index contributed by atoms with van der Waals surface area (Å²) in [5, 5.41) is 4.32. The molecule has 36 heavy (non-hydrogen) atoms. The highest BCUT2D eigenvalue weighted by Crippen LogP contribution is 2.24. The summed E-state index contributed by atoms with van der Waals surface area (Å²) in [6.07, 6.45) is 3.40. The van der Waals surface area contributed by atoms with Crippen LogP contribution in [-0.4, -0.2) is 28.1 Å². The Balaban J connectivity index is 1.25. The Bertz CT molecular complexity index is 1630. The molecule has 5 aromatic rings. The van der Waals surface area contributed by atoms with Crippen molar-refractivity contribution in [2.45, 2.75) is 18.4 Å². The zero-order valence-corrected chi connectivity index (χ0v) is 20.5. The number of hydrogen-bond acceptors (Lipinski definition) is 6. The summed E-state index contributed by atoms with van der Waals surface area (Å²) in [6.45, 7) is 2.30. The van der Waals surface area contributed by atoms with Crippen LogP contribution in [0.5, 0.6) is 0 Å². The van der Waals surface area contributed by atoms with E-state index < -0.39 is 10.0 Å². The SMILES string of the molecule is Cc1ccc(S(=O)(=O)Nc2ccc(Cn3cnc(-c4nc(-c5ccc(F)cc5)no4)c3)cc2)cc1Cl. The van der Waals surface area contributed by atoms with Crippen LogP contribution < -0.4 is 4.72 Å². The Morgan fingerprint density at radius 3 is 2.53 bits per heavy atom. The number of rotatable bonds is 7. The molecule has 3 aromatic carbocycles. The van der Waals surface area contributed by atoms with Gasteiger partial charge in [-0.3, -0.25) is 4.72 Å². The van der Waals surface area contributed by atoms with Crippen molar-refractivity contribution in [2.75, 3.05) is 4.72 Å². The fourth-order valence-corrected chi connectivity index (χ4v) is 4.77. The van der Waals surface area contributed by atoms with E-state index in [-0.39, 0.29) is 16.6 Å². The largest absolute Gasteiger partial charge is 0.332 e. The van der Waals surface area contributed by atoms with Crippen LogP contribution >= 0.6 is 11.6 Å². The lowest BCUT2D eigenvalue weighted by molar-refractivity contribution is 0.431. The molecule has 0 bridgehead atoms. The Morgan fingerprint density at radius 2 is 1.81 bits per heavy atom. The Hall–Kier alpha value is -4.02. The lowest BCUT2D eigenvalue weighted by atomic mass is 10.2. The van der Waals surface area contributed by atoms with Crippen LogP contribution in [0.15, 0.2) is 88.7 Å². The Morgan fingerprint density at radius 1 is 1.06 bits per heavy atom. The van der Waals surface area contributed by atoms with Crippen LogP contribution in [0, 0.1) is 12.7 Å². The fourth-order valence-electron chi connectivity index (χ4n) is 3.44. The van der Waals surface area contributed by atoms with Gasteiger partial charge in [0.15, 0.2) is 0 Å². The zero-order valence-electron chi connectivity index (χ0n) is 18.9. The standard InChI is InChI=1S/C25H19ClFN5O3S/c1-16-2-11-21(12-22(16)26)36(33,34)31-20-9-3-17(4-10-20)13-32-14-23(28-15-32)25-29-24(30-35-25)18-5-7-19(27)8-6-18/h2-12,14-15,31H,13H2,1H3. The molecule has 1 N–H and O–H groups in total. The first-order valence-corrected chi connectivity index (χ1v) is 12.6. The van der Waals surface area contributed by atoms with Gasteiger partial charge in [0.05, 0.1) is 11.2 Å². The van der Waals surface area contributed by atoms with Crippen molar-refractivity contribution in [2.24, 2.45) is 0 Å². The maximum atomic E-state index is 13.1. The highest BCUT2D eigenvalue weighted by Gasteiger charge is 2.16. The summed E-state index contributed by atoms with van der Waals surface area (Å²) in [6, 6.07) is 17.4. The molecule has 0 unspecified atom stereocenters. The van der Waals surface area contributed by atoms with Crippen LogP contribution in [0.3, 0.4) is 0 Å². The first-order valence-electron chi connectivity index (χ1n) is 10.8. The van der Waals surface area contributed by atoms with Crippen molar-refractivity contribution in [1.29, 1.82) is 0 Å². The van der Waals surface area contributed by atoms with E-state index >= 15 is 0 Å². The Kier molecular flexibility index (Phi) is 6.29. The van der Waals surface area contributed by atoms with Gasteiger partial charge in [0.1, 0.15) is 11.5 Å². The van der Waals surface area contributed by atoms with E-state index in [4.69, 9.17) is 16.1 Å². The first kappa shape index (κ1) is 23.7. The predicted octanol–water partition coefficient (Wildman–Crippen LogP) is 5.55. The minimum absolute atomic E-state index is 0.0942. The first-order chi connectivity index (χ1) is 17.3. The Labute approximate surface area is 211 Å². The van der Waals surface area contributed by atoms with Gasteiger partial charge in [0.2, 0.25) is 5.82 Å². The number of aryl methyl sites for hydroxylation is 1. The monoisotopic (exact) mass is 523 g/mol. The van der Waals surface area contributed by atoms with Gasteiger partial charge in [-0.1, -0.05) is 35.0 Å². The van der Waals surface area contributed by atoms with Gasteiger partial charge in [-0.15, -0.1) is 0 Å². The fraction of sp³-hybridized carbons (Fsp3) is 0.0800. The van der Waals surface area contributed by atoms with E-state index in [0.717, 1.165) is 11.1 Å². The van der Waals surface area contributed by atoms with Gasteiger partial charge < -0.3 is 9.09 Å². The number of hydrogen-bond donors (Lipinski definition) is 1. The molecule has 2 heterocycles. The van der Waals surface area contributed by atoms with Crippen molar-refractivity contribution in [3.05, 3.63) is 101 Å². The average Bonchev–Trinajstić information content (AvgIpc) is 3.52. The molecule has 0 saturated heterocycles. The molecule has 2 aromatic heterocycles. The minimum Gasteiger partial charge on any atom is -0.332 e. The number of imidazole rings is 1. The highest BCUT2D eigenvalue weighted by atomic mass is 35.5. The normalized spacial score (nSPS) is 11.5. The van der Waals surface area contributed by atoms with Gasteiger partial charge in [0.25, 0.3) is 15.9 Å². The van der Waals surface area contributed by atoms with Crippen molar-refractivity contribution in [3.63, 3.8) is 0 Å². The summed E-state index contributed by atoms with van der Waals surface area (Å²) < 4.78 is 48.2. The lowest BCUT2D eigenvalue weighted by Crippen LogP contribution is -2.13. The van der Waals surface area contributed by atoms with E-state index in [1.54, 1.807) is 49.8 Å². The molecule has 0 atom stereocenters. The molecule has 11 heteroatoms. The molecule has 0 spiro atoms. The van der Waals surface area contributed by atoms with Gasteiger partial charge in [-0.05, 0) is 66.6 Å². The van der Waals surface area contributed by atoms with Gasteiger partial charge in [0, 0.05) is 29.0 Å². The summed E-state index contributed by atoms with van der Waals surface area (Å²) in [4.78, 5) is 8.75. The van der Waals surface area contributed by atoms with E-state index in [9.17, 15) is 12.8 Å². The number of halogens is 2. The average molecular weight is 524 g/mol. The smallest absolute Gasteiger partial charge is 0.278 e. The third kappa shape index (κ3) is 5.14. The molecule has 182 valence electrons. The van der Waals surface area contributed by atoms with Crippen LogP contribution in [0.4, 0.5) is 10.1 Å². The third-order valence-electron chi connectivity index (χ3n) is 5.41. The van der Waals surface area contributed by atoms with Gasteiger partial charge in [-0.2, -0.15) is 4.98 Å². The van der Waals surface area contributed by atoms with Crippen molar-refractivity contribution in [1.82, 2.24) is 19.7 Å². The van der Waals surface area contributed by atoms with E-state index in [1.165, 1.54) is 24.3 Å². The van der Waals surface area contributed by atoms with Crippen molar-refractivity contribution < 1.29 is 17.3 Å². The zero-order chi connectivity index (χ0) is 25.3. The molecule has 0 fully saturated rings. The highest BCUT2D eigenvalue weighted by molar-refractivity contribution is 7.92.